The van der Waals surface area contributed by atoms with Crippen molar-refractivity contribution in [1.29, 1.82) is 0 Å². The second-order valence-corrected chi connectivity index (χ2v) is 4.32. The van der Waals surface area contributed by atoms with Gasteiger partial charge in [0.05, 0.1) is 6.04 Å². The second-order valence-electron chi connectivity index (χ2n) is 4.32. The van der Waals surface area contributed by atoms with E-state index in [2.05, 4.69) is 4.98 Å². The Bertz CT molecular complexity index is 528. The monoisotopic (exact) mass is 256 g/mol. The molecule has 2 aromatic rings. The molecule has 0 bridgehead atoms. The SMILES string of the molecule is CC(c1cccnc1)N(CC(=O)O)c1ccccc1. The third kappa shape index (κ3) is 3.31. The molecule has 1 aromatic heterocycles. The lowest BCUT2D eigenvalue weighted by atomic mass is 10.1. The van der Waals surface area contributed by atoms with Crippen LogP contribution in [0, 0.1) is 0 Å². The van der Waals surface area contributed by atoms with Gasteiger partial charge in [0.25, 0.3) is 0 Å². The molecule has 4 nitrogen and oxygen atoms in total. The quantitative estimate of drug-likeness (QED) is 0.893. The number of hydrogen-bond acceptors (Lipinski definition) is 3. The van der Waals surface area contributed by atoms with Crippen molar-refractivity contribution in [1.82, 2.24) is 4.98 Å². The molecule has 1 aromatic carbocycles. The predicted octanol–water partition coefficient (Wildman–Crippen LogP) is 2.73. The van der Waals surface area contributed by atoms with E-state index in [4.69, 9.17) is 5.11 Å². The van der Waals surface area contributed by atoms with E-state index in [1.54, 1.807) is 12.4 Å². The molecule has 0 spiro atoms. The first-order valence-corrected chi connectivity index (χ1v) is 6.12. The summed E-state index contributed by atoms with van der Waals surface area (Å²) in [6, 6.07) is 13.3. The molecule has 0 amide bonds. The maximum Gasteiger partial charge on any atom is 0.323 e. The second kappa shape index (κ2) is 6.00. The molecule has 0 aliphatic heterocycles. The number of carboxylic acid groups (broad SMARTS) is 1. The van der Waals surface area contributed by atoms with Crippen LogP contribution in [-0.2, 0) is 4.79 Å². The van der Waals surface area contributed by atoms with Crippen LogP contribution in [0.15, 0.2) is 54.9 Å². The van der Waals surface area contributed by atoms with Crippen molar-refractivity contribution >= 4 is 11.7 Å². The molecule has 1 atom stereocenters. The van der Waals surface area contributed by atoms with Gasteiger partial charge in [-0.05, 0) is 30.7 Å². The summed E-state index contributed by atoms with van der Waals surface area (Å²) in [6.45, 7) is 1.94. The molecular weight excluding hydrogens is 240 g/mol. The van der Waals surface area contributed by atoms with Crippen LogP contribution in [0.3, 0.4) is 0 Å². The fourth-order valence-electron chi connectivity index (χ4n) is 2.02. The standard InChI is InChI=1S/C15H16N2O2/c1-12(13-6-5-9-16-10-13)17(11-15(18)19)14-7-3-2-4-8-14/h2-10,12H,11H2,1H3,(H,18,19). The Morgan fingerprint density at radius 2 is 2.00 bits per heavy atom. The van der Waals surface area contributed by atoms with Crippen LogP contribution >= 0.6 is 0 Å². The lowest BCUT2D eigenvalue weighted by Gasteiger charge is -2.30. The molecule has 0 fully saturated rings. The number of carbonyl (C=O) groups is 1. The normalized spacial score (nSPS) is 11.8. The molecule has 1 unspecified atom stereocenters. The average molecular weight is 256 g/mol. The van der Waals surface area contributed by atoms with Crippen molar-refractivity contribution in [2.45, 2.75) is 13.0 Å². The summed E-state index contributed by atoms with van der Waals surface area (Å²) in [5.41, 5.74) is 1.88. The highest BCUT2D eigenvalue weighted by Gasteiger charge is 2.18. The molecule has 0 radical (unpaired) electrons. The highest BCUT2D eigenvalue weighted by Crippen LogP contribution is 2.25. The smallest absolute Gasteiger partial charge is 0.323 e. The van der Waals surface area contributed by atoms with Gasteiger partial charge in [-0.25, -0.2) is 0 Å². The van der Waals surface area contributed by atoms with Crippen LogP contribution in [0.5, 0.6) is 0 Å². The first kappa shape index (κ1) is 13.1. The summed E-state index contributed by atoms with van der Waals surface area (Å²) in [6.07, 6.45) is 3.47. The minimum Gasteiger partial charge on any atom is -0.480 e. The van der Waals surface area contributed by atoms with Gasteiger partial charge in [0.2, 0.25) is 0 Å². The molecule has 0 saturated heterocycles. The highest BCUT2D eigenvalue weighted by atomic mass is 16.4. The Morgan fingerprint density at radius 3 is 2.58 bits per heavy atom. The highest BCUT2D eigenvalue weighted by molar-refractivity contribution is 5.74. The zero-order valence-corrected chi connectivity index (χ0v) is 10.7. The Hall–Kier alpha value is -2.36. The molecule has 98 valence electrons. The van der Waals surface area contributed by atoms with E-state index in [1.807, 2.05) is 54.3 Å². The van der Waals surface area contributed by atoms with Gasteiger partial charge in [-0.1, -0.05) is 24.3 Å². The first-order valence-electron chi connectivity index (χ1n) is 6.12. The molecule has 1 heterocycles. The molecule has 2 rings (SSSR count). The van der Waals surface area contributed by atoms with Crippen LogP contribution in [-0.4, -0.2) is 22.6 Å². The third-order valence-corrected chi connectivity index (χ3v) is 3.03. The molecule has 0 aliphatic carbocycles. The molecule has 0 saturated carbocycles. The number of benzene rings is 1. The minimum atomic E-state index is -0.848. The van der Waals surface area contributed by atoms with Crippen LogP contribution in [0.1, 0.15) is 18.5 Å². The maximum absolute atomic E-state index is 11.1. The Morgan fingerprint density at radius 1 is 1.26 bits per heavy atom. The van der Waals surface area contributed by atoms with Crippen molar-refractivity contribution in [2.24, 2.45) is 0 Å². The van der Waals surface area contributed by atoms with E-state index < -0.39 is 5.97 Å². The molecule has 19 heavy (non-hydrogen) atoms. The van der Waals surface area contributed by atoms with Crippen molar-refractivity contribution in [2.75, 3.05) is 11.4 Å². The van der Waals surface area contributed by atoms with Gasteiger partial charge < -0.3 is 10.0 Å². The number of aliphatic carboxylic acids is 1. The van der Waals surface area contributed by atoms with Crippen molar-refractivity contribution in [3.05, 3.63) is 60.4 Å². The average Bonchev–Trinajstić information content (AvgIpc) is 2.46. The number of aromatic nitrogens is 1. The van der Waals surface area contributed by atoms with Crippen LogP contribution in [0.4, 0.5) is 5.69 Å². The van der Waals surface area contributed by atoms with E-state index in [0.717, 1.165) is 11.3 Å². The summed E-state index contributed by atoms with van der Waals surface area (Å²) in [7, 11) is 0. The summed E-state index contributed by atoms with van der Waals surface area (Å²) >= 11 is 0. The molecular formula is C15H16N2O2. The molecule has 4 heteroatoms. The summed E-state index contributed by atoms with van der Waals surface area (Å²) in [4.78, 5) is 17.0. The summed E-state index contributed by atoms with van der Waals surface area (Å²) in [5.74, 6) is -0.848. The fourth-order valence-corrected chi connectivity index (χ4v) is 2.02. The van der Waals surface area contributed by atoms with E-state index in [-0.39, 0.29) is 12.6 Å². The lowest BCUT2D eigenvalue weighted by Crippen LogP contribution is -2.32. The van der Waals surface area contributed by atoms with Gasteiger partial charge in [0.1, 0.15) is 6.54 Å². The van der Waals surface area contributed by atoms with Crippen molar-refractivity contribution in [3.63, 3.8) is 0 Å². The molecule has 1 N–H and O–H groups in total. The Kier molecular flexibility index (Phi) is 4.13. The van der Waals surface area contributed by atoms with E-state index in [0.29, 0.717) is 0 Å². The Labute approximate surface area is 112 Å². The number of nitrogens with zero attached hydrogens (tertiary/aromatic N) is 2. The van der Waals surface area contributed by atoms with Gasteiger partial charge in [0.15, 0.2) is 0 Å². The number of hydrogen-bond donors (Lipinski definition) is 1. The van der Waals surface area contributed by atoms with Crippen molar-refractivity contribution in [3.8, 4) is 0 Å². The zero-order valence-electron chi connectivity index (χ0n) is 10.7. The lowest BCUT2D eigenvalue weighted by molar-refractivity contribution is -0.135. The number of rotatable bonds is 5. The largest absolute Gasteiger partial charge is 0.480 e. The minimum absolute atomic E-state index is 0.0416. The number of anilines is 1. The van der Waals surface area contributed by atoms with Crippen molar-refractivity contribution < 1.29 is 9.90 Å². The Balaban J connectivity index is 2.30. The number of carboxylic acids is 1. The molecule has 0 aliphatic rings. The van der Waals surface area contributed by atoms with Crippen LogP contribution in [0.25, 0.3) is 0 Å². The van der Waals surface area contributed by atoms with Gasteiger partial charge >= 0.3 is 5.97 Å². The summed E-state index contributed by atoms with van der Waals surface area (Å²) in [5, 5.41) is 9.08. The van der Waals surface area contributed by atoms with E-state index in [9.17, 15) is 4.79 Å². The first-order chi connectivity index (χ1) is 9.18. The van der Waals surface area contributed by atoms with Gasteiger partial charge in [-0.2, -0.15) is 0 Å². The van der Waals surface area contributed by atoms with Gasteiger partial charge in [-0.15, -0.1) is 0 Å². The van der Waals surface area contributed by atoms with E-state index in [1.165, 1.54) is 0 Å². The van der Waals surface area contributed by atoms with Crippen LogP contribution < -0.4 is 4.90 Å². The van der Waals surface area contributed by atoms with Gasteiger partial charge in [-0.3, -0.25) is 9.78 Å². The predicted molar refractivity (Wildman–Crippen MR) is 74.1 cm³/mol. The fraction of sp³-hybridized carbons (Fsp3) is 0.200. The zero-order chi connectivity index (χ0) is 13.7. The summed E-state index contributed by atoms with van der Waals surface area (Å²) < 4.78 is 0. The van der Waals surface area contributed by atoms with E-state index >= 15 is 0 Å². The topological polar surface area (TPSA) is 53.4 Å². The maximum atomic E-state index is 11.1. The third-order valence-electron chi connectivity index (χ3n) is 3.03. The van der Waals surface area contributed by atoms with Gasteiger partial charge in [0, 0.05) is 18.1 Å². The number of para-hydroxylation sites is 1. The number of pyridine rings is 1. The van der Waals surface area contributed by atoms with Crippen LogP contribution in [0.2, 0.25) is 0 Å².